The third kappa shape index (κ3) is 4.99. The van der Waals surface area contributed by atoms with Crippen LogP contribution in [-0.4, -0.2) is 38.6 Å². The van der Waals surface area contributed by atoms with E-state index in [1.165, 1.54) is 28.7 Å². The fourth-order valence-corrected chi connectivity index (χ4v) is 4.87. The van der Waals surface area contributed by atoms with E-state index in [0.717, 1.165) is 11.4 Å². The van der Waals surface area contributed by atoms with Gasteiger partial charge in [0.1, 0.15) is 5.01 Å². The van der Waals surface area contributed by atoms with Crippen LogP contribution in [0.1, 0.15) is 48.9 Å². The predicted octanol–water partition coefficient (Wildman–Crippen LogP) is 4.77. The first-order valence-corrected chi connectivity index (χ1v) is 11.7. The van der Waals surface area contributed by atoms with Gasteiger partial charge in [-0.25, -0.2) is 9.97 Å². The van der Waals surface area contributed by atoms with E-state index in [0.29, 0.717) is 16.1 Å². The monoisotopic (exact) mass is 443 g/mol. The van der Waals surface area contributed by atoms with E-state index in [4.69, 9.17) is 4.74 Å². The molecular weight excluding hydrogens is 418 g/mol. The molecule has 0 amide bonds. The van der Waals surface area contributed by atoms with E-state index in [1.807, 2.05) is 41.3 Å². The van der Waals surface area contributed by atoms with Crippen molar-refractivity contribution in [1.29, 1.82) is 0 Å². The second kappa shape index (κ2) is 10.0. The van der Waals surface area contributed by atoms with E-state index in [-0.39, 0.29) is 18.1 Å². The van der Waals surface area contributed by atoms with Crippen LogP contribution < -0.4 is 0 Å². The van der Waals surface area contributed by atoms with Gasteiger partial charge in [-0.2, -0.15) is 0 Å². The minimum atomic E-state index is -0.998. The maximum Gasteiger partial charge on any atom is 0.323 e. The lowest BCUT2D eigenvalue weighted by Crippen LogP contribution is -2.25. The molecule has 6 nitrogen and oxygen atoms in total. The third-order valence-corrected chi connectivity index (χ3v) is 6.51. The molecule has 8 heteroatoms. The number of rotatable bonds is 9. The van der Waals surface area contributed by atoms with Crippen LogP contribution >= 0.6 is 23.1 Å². The number of aromatic nitrogens is 3. The minimum Gasteiger partial charge on any atom is -0.465 e. The van der Waals surface area contributed by atoms with E-state index in [2.05, 4.69) is 29.9 Å². The van der Waals surface area contributed by atoms with Crippen molar-refractivity contribution in [1.82, 2.24) is 14.5 Å². The highest BCUT2D eigenvalue weighted by atomic mass is 32.2. The van der Waals surface area contributed by atoms with Crippen molar-refractivity contribution in [2.75, 3.05) is 12.4 Å². The molecule has 0 N–H and O–H groups in total. The number of hydrogen-bond donors (Lipinski definition) is 0. The number of thiazole rings is 1. The summed E-state index contributed by atoms with van der Waals surface area (Å²) in [5.74, 6) is -1.33. The molecule has 0 aliphatic carbocycles. The number of hydrogen-bond acceptors (Lipinski definition) is 7. The van der Waals surface area contributed by atoms with Gasteiger partial charge in [-0.3, -0.25) is 14.2 Å². The van der Waals surface area contributed by atoms with Crippen LogP contribution in [-0.2, 0) is 14.3 Å². The summed E-state index contributed by atoms with van der Waals surface area (Å²) in [5, 5.41) is 3.01. The van der Waals surface area contributed by atoms with Gasteiger partial charge in [-0.1, -0.05) is 43.8 Å². The van der Waals surface area contributed by atoms with Crippen LogP contribution in [0.15, 0.2) is 47.2 Å². The Morgan fingerprint density at radius 2 is 2.03 bits per heavy atom. The van der Waals surface area contributed by atoms with E-state index in [9.17, 15) is 9.59 Å². The molecule has 2 aromatic heterocycles. The first kappa shape index (κ1) is 22.2. The summed E-state index contributed by atoms with van der Waals surface area (Å²) in [6, 6.07) is 8.15. The van der Waals surface area contributed by atoms with Gasteiger partial charge < -0.3 is 4.74 Å². The lowest BCUT2D eigenvalue weighted by Gasteiger charge is -2.16. The molecule has 0 spiro atoms. The number of esters is 1. The zero-order valence-electron chi connectivity index (χ0n) is 17.5. The van der Waals surface area contributed by atoms with E-state index < -0.39 is 11.9 Å². The minimum absolute atomic E-state index is 0.100. The fourth-order valence-electron chi connectivity index (χ4n) is 3.09. The zero-order chi connectivity index (χ0) is 21.7. The number of imidazole rings is 1. The van der Waals surface area contributed by atoms with Crippen LogP contribution in [0.3, 0.4) is 0 Å². The number of nitrogens with zero attached hydrogens (tertiary/aromatic N) is 3. The number of para-hydroxylation sites is 1. The van der Waals surface area contributed by atoms with Gasteiger partial charge in [-0.15, -0.1) is 11.3 Å². The van der Waals surface area contributed by atoms with Gasteiger partial charge in [0, 0.05) is 23.5 Å². The number of benzene rings is 1. The van der Waals surface area contributed by atoms with Crippen LogP contribution in [0, 0.1) is 6.92 Å². The summed E-state index contributed by atoms with van der Waals surface area (Å²) in [4.78, 5) is 34.2. The first-order valence-electron chi connectivity index (χ1n) is 9.79. The molecule has 0 saturated heterocycles. The second-order valence-electron chi connectivity index (χ2n) is 7.06. The maximum absolute atomic E-state index is 13.0. The molecule has 158 valence electrons. The number of carbonyl (C=O) groups is 2. The molecule has 2 heterocycles. The topological polar surface area (TPSA) is 74.1 Å². The van der Waals surface area contributed by atoms with Crippen LogP contribution in [0.5, 0.6) is 0 Å². The molecule has 0 aliphatic rings. The van der Waals surface area contributed by atoms with Gasteiger partial charge in [0.25, 0.3) is 0 Å². The molecule has 1 aromatic carbocycles. The molecule has 1 unspecified atom stereocenters. The molecule has 3 aromatic rings. The van der Waals surface area contributed by atoms with Crippen molar-refractivity contribution in [2.24, 2.45) is 0 Å². The Hall–Kier alpha value is -2.45. The Labute approximate surface area is 184 Å². The highest BCUT2D eigenvalue weighted by molar-refractivity contribution is 7.99. The Kier molecular flexibility index (Phi) is 7.44. The van der Waals surface area contributed by atoms with Gasteiger partial charge >= 0.3 is 5.97 Å². The fraction of sp³-hybridized carbons (Fsp3) is 0.364. The van der Waals surface area contributed by atoms with Crippen LogP contribution in [0.4, 0.5) is 0 Å². The third-order valence-electron chi connectivity index (χ3n) is 4.50. The van der Waals surface area contributed by atoms with Gasteiger partial charge in [-0.05, 0) is 31.4 Å². The lowest BCUT2D eigenvalue weighted by atomic mass is 10.0. The van der Waals surface area contributed by atoms with Crippen molar-refractivity contribution < 1.29 is 14.3 Å². The maximum atomic E-state index is 13.0. The summed E-state index contributed by atoms with van der Waals surface area (Å²) in [7, 11) is 0. The van der Waals surface area contributed by atoms with Gasteiger partial charge in [0.15, 0.2) is 16.9 Å². The average Bonchev–Trinajstić information content (AvgIpc) is 3.35. The summed E-state index contributed by atoms with van der Waals surface area (Å²) in [6.07, 6.45) is 3.61. The normalized spacial score (nSPS) is 12.2. The summed E-state index contributed by atoms with van der Waals surface area (Å²) >= 11 is 2.62. The Morgan fingerprint density at radius 1 is 1.27 bits per heavy atom. The number of aryl methyl sites for hydroxylation is 1. The Morgan fingerprint density at radius 3 is 2.70 bits per heavy atom. The number of Topliss-reactive ketones (excluding diaryl/α,β-unsaturated/α-hetero) is 1. The zero-order valence-corrected chi connectivity index (χ0v) is 19.1. The lowest BCUT2D eigenvalue weighted by molar-refractivity contribution is -0.147. The molecule has 30 heavy (non-hydrogen) atoms. The predicted molar refractivity (Wildman–Crippen MR) is 120 cm³/mol. The average molecular weight is 444 g/mol. The van der Waals surface area contributed by atoms with Crippen LogP contribution in [0.25, 0.3) is 5.69 Å². The largest absolute Gasteiger partial charge is 0.465 e. The van der Waals surface area contributed by atoms with Gasteiger partial charge in [0.05, 0.1) is 18.0 Å². The number of thioether (sulfide) groups is 1. The molecular formula is C22H25N3O3S2. The number of ether oxygens (including phenoxy) is 1. The first-order chi connectivity index (χ1) is 14.4. The highest BCUT2D eigenvalue weighted by Crippen LogP contribution is 2.29. The quantitative estimate of drug-likeness (QED) is 0.269. The van der Waals surface area contributed by atoms with Crippen molar-refractivity contribution in [3.8, 4) is 5.69 Å². The van der Waals surface area contributed by atoms with E-state index in [1.54, 1.807) is 13.1 Å². The van der Waals surface area contributed by atoms with Crippen molar-refractivity contribution in [2.45, 2.75) is 44.7 Å². The standard InChI is InChI=1S/C22H25N3O3S2/c1-5-28-21(27)19(20-24-15(4)12-29-20)18(26)13-30-22-23-10-11-25(22)17-9-7-6-8-16(17)14(2)3/h6-12,14,19H,5,13H2,1-4H3. The molecule has 0 fully saturated rings. The Bertz CT molecular complexity index is 1030. The van der Waals surface area contributed by atoms with Crippen molar-refractivity contribution >= 4 is 34.9 Å². The van der Waals surface area contributed by atoms with Gasteiger partial charge in [0.2, 0.25) is 0 Å². The molecule has 0 aliphatic heterocycles. The van der Waals surface area contributed by atoms with E-state index >= 15 is 0 Å². The molecule has 0 saturated carbocycles. The number of carbonyl (C=O) groups excluding carboxylic acids is 2. The molecule has 0 bridgehead atoms. The molecule has 0 radical (unpaired) electrons. The highest BCUT2D eigenvalue weighted by Gasteiger charge is 2.32. The number of ketones is 1. The second-order valence-corrected chi connectivity index (χ2v) is 8.89. The van der Waals surface area contributed by atoms with Crippen LogP contribution in [0.2, 0.25) is 0 Å². The van der Waals surface area contributed by atoms with Crippen molar-refractivity contribution in [3.05, 3.63) is 58.3 Å². The molecule has 3 rings (SSSR count). The summed E-state index contributed by atoms with van der Waals surface area (Å²) in [6.45, 7) is 8.07. The SMILES string of the molecule is CCOC(=O)C(C(=O)CSc1nccn1-c1ccccc1C(C)C)c1nc(C)cs1. The Balaban J connectivity index is 1.81. The summed E-state index contributed by atoms with van der Waals surface area (Å²) < 4.78 is 7.12. The van der Waals surface area contributed by atoms with Crippen molar-refractivity contribution in [3.63, 3.8) is 0 Å². The summed E-state index contributed by atoms with van der Waals surface area (Å²) in [5.41, 5.74) is 3.02. The molecule has 1 atom stereocenters. The smallest absolute Gasteiger partial charge is 0.323 e.